The largest absolute Gasteiger partial charge is 0.366 e. The summed E-state index contributed by atoms with van der Waals surface area (Å²) in [6.45, 7) is 0. The SMILES string of the molecule is N#C/C(=C/Nc1ccccc1C(N)=O)C(=O)NC1CCCC1. The number of para-hydroxylation sites is 1. The topological polar surface area (TPSA) is 108 Å². The van der Waals surface area contributed by atoms with Gasteiger partial charge in [-0.15, -0.1) is 0 Å². The third-order valence-corrected chi connectivity index (χ3v) is 3.62. The van der Waals surface area contributed by atoms with Crippen LogP contribution in [0.1, 0.15) is 36.0 Å². The van der Waals surface area contributed by atoms with Gasteiger partial charge in [-0.25, -0.2) is 0 Å². The van der Waals surface area contributed by atoms with Gasteiger partial charge >= 0.3 is 0 Å². The molecule has 1 aromatic rings. The Hall–Kier alpha value is -2.81. The maximum Gasteiger partial charge on any atom is 0.263 e. The maximum atomic E-state index is 12.0. The predicted molar refractivity (Wildman–Crippen MR) is 82.7 cm³/mol. The molecule has 0 atom stereocenters. The van der Waals surface area contributed by atoms with E-state index in [1.807, 2.05) is 6.07 Å². The summed E-state index contributed by atoms with van der Waals surface area (Å²) < 4.78 is 0. The van der Waals surface area contributed by atoms with E-state index >= 15 is 0 Å². The summed E-state index contributed by atoms with van der Waals surface area (Å²) in [5.41, 5.74) is 6.00. The fraction of sp³-hybridized carbons (Fsp3) is 0.312. The van der Waals surface area contributed by atoms with E-state index in [9.17, 15) is 9.59 Å². The summed E-state index contributed by atoms with van der Waals surface area (Å²) in [6, 6.07) is 8.65. The van der Waals surface area contributed by atoms with E-state index in [1.54, 1.807) is 24.3 Å². The van der Waals surface area contributed by atoms with E-state index in [1.165, 1.54) is 6.20 Å². The number of nitrogens with zero attached hydrogens (tertiary/aromatic N) is 1. The van der Waals surface area contributed by atoms with Crippen LogP contribution in [0.4, 0.5) is 5.69 Å². The van der Waals surface area contributed by atoms with Crippen LogP contribution in [0.5, 0.6) is 0 Å². The summed E-state index contributed by atoms with van der Waals surface area (Å²) in [5, 5.41) is 14.8. The molecule has 0 radical (unpaired) electrons. The molecule has 0 aliphatic heterocycles. The van der Waals surface area contributed by atoms with Gasteiger partial charge in [0.2, 0.25) is 0 Å². The molecule has 0 bridgehead atoms. The Balaban J connectivity index is 2.08. The number of anilines is 1. The van der Waals surface area contributed by atoms with Crippen molar-refractivity contribution < 1.29 is 9.59 Å². The predicted octanol–water partition coefficient (Wildman–Crippen LogP) is 1.66. The van der Waals surface area contributed by atoms with E-state index in [2.05, 4.69) is 10.6 Å². The standard InChI is InChI=1S/C16H18N4O2/c17-9-11(16(22)20-12-5-1-2-6-12)10-19-14-8-4-3-7-13(14)15(18)21/h3-4,7-8,10,12,19H,1-2,5-6H2,(H2,18,21)(H,20,22)/b11-10-. The number of nitriles is 1. The van der Waals surface area contributed by atoms with Crippen molar-refractivity contribution in [2.24, 2.45) is 5.73 Å². The minimum absolute atomic E-state index is 0.0360. The Morgan fingerprint density at radius 2 is 1.95 bits per heavy atom. The van der Waals surface area contributed by atoms with Crippen LogP contribution < -0.4 is 16.4 Å². The van der Waals surface area contributed by atoms with Crippen LogP contribution in [0.3, 0.4) is 0 Å². The molecule has 2 amide bonds. The number of rotatable bonds is 5. The Morgan fingerprint density at radius 3 is 2.59 bits per heavy atom. The van der Waals surface area contributed by atoms with Gasteiger partial charge in [-0.05, 0) is 25.0 Å². The van der Waals surface area contributed by atoms with E-state index in [0.29, 0.717) is 11.3 Å². The zero-order valence-electron chi connectivity index (χ0n) is 12.1. The Labute approximate surface area is 129 Å². The molecule has 114 valence electrons. The van der Waals surface area contributed by atoms with Crippen LogP contribution in [0, 0.1) is 11.3 Å². The highest BCUT2D eigenvalue weighted by Crippen LogP contribution is 2.18. The second-order valence-electron chi connectivity index (χ2n) is 5.18. The number of hydrogen-bond acceptors (Lipinski definition) is 4. The van der Waals surface area contributed by atoms with Crippen molar-refractivity contribution in [1.29, 1.82) is 5.26 Å². The smallest absolute Gasteiger partial charge is 0.263 e. The quantitative estimate of drug-likeness (QED) is 0.567. The fourth-order valence-electron chi connectivity index (χ4n) is 2.46. The molecule has 0 unspecified atom stereocenters. The van der Waals surface area contributed by atoms with E-state index in [-0.39, 0.29) is 11.6 Å². The second kappa shape index (κ2) is 7.27. The third kappa shape index (κ3) is 3.85. The summed E-state index contributed by atoms with van der Waals surface area (Å²) >= 11 is 0. The van der Waals surface area contributed by atoms with Crippen molar-refractivity contribution in [1.82, 2.24) is 5.32 Å². The van der Waals surface area contributed by atoms with E-state index in [4.69, 9.17) is 11.0 Å². The van der Waals surface area contributed by atoms with E-state index in [0.717, 1.165) is 25.7 Å². The van der Waals surface area contributed by atoms with Gasteiger partial charge in [0.05, 0.1) is 11.3 Å². The van der Waals surface area contributed by atoms with Crippen molar-refractivity contribution in [2.45, 2.75) is 31.7 Å². The normalized spacial score (nSPS) is 15.1. The zero-order valence-corrected chi connectivity index (χ0v) is 12.1. The van der Waals surface area contributed by atoms with Gasteiger partial charge in [0, 0.05) is 12.2 Å². The lowest BCUT2D eigenvalue weighted by Gasteiger charge is -2.11. The van der Waals surface area contributed by atoms with Crippen molar-refractivity contribution >= 4 is 17.5 Å². The second-order valence-corrected chi connectivity index (χ2v) is 5.18. The number of carbonyl (C=O) groups excluding carboxylic acids is 2. The van der Waals surface area contributed by atoms with Crippen molar-refractivity contribution in [2.75, 3.05) is 5.32 Å². The van der Waals surface area contributed by atoms with Crippen LogP contribution in [-0.4, -0.2) is 17.9 Å². The first-order chi connectivity index (χ1) is 10.6. The average Bonchev–Trinajstić information content (AvgIpc) is 3.01. The Bertz CT molecular complexity index is 640. The third-order valence-electron chi connectivity index (χ3n) is 3.62. The molecule has 0 aromatic heterocycles. The minimum Gasteiger partial charge on any atom is -0.366 e. The van der Waals surface area contributed by atoms with Gasteiger partial charge in [0.15, 0.2) is 0 Å². The van der Waals surface area contributed by atoms with Crippen LogP contribution in [0.15, 0.2) is 36.0 Å². The number of nitrogens with one attached hydrogen (secondary N) is 2. The number of hydrogen-bond donors (Lipinski definition) is 3. The van der Waals surface area contributed by atoms with Gasteiger partial charge in [0.1, 0.15) is 11.6 Å². The number of primary amides is 1. The molecular weight excluding hydrogens is 280 g/mol. The molecule has 2 rings (SSSR count). The van der Waals surface area contributed by atoms with Gasteiger partial charge in [0.25, 0.3) is 11.8 Å². The van der Waals surface area contributed by atoms with Gasteiger partial charge < -0.3 is 16.4 Å². The van der Waals surface area contributed by atoms with E-state index < -0.39 is 11.8 Å². The Kier molecular flexibility index (Phi) is 5.15. The lowest BCUT2D eigenvalue weighted by molar-refractivity contribution is -0.117. The molecule has 0 heterocycles. The molecule has 6 heteroatoms. The molecule has 22 heavy (non-hydrogen) atoms. The van der Waals surface area contributed by atoms with Gasteiger partial charge in [-0.1, -0.05) is 25.0 Å². The molecule has 4 N–H and O–H groups in total. The molecule has 0 spiro atoms. The summed E-state index contributed by atoms with van der Waals surface area (Å²) in [4.78, 5) is 23.4. The van der Waals surface area contributed by atoms with Crippen LogP contribution >= 0.6 is 0 Å². The summed E-state index contributed by atoms with van der Waals surface area (Å²) in [5.74, 6) is -0.983. The summed E-state index contributed by atoms with van der Waals surface area (Å²) in [7, 11) is 0. The number of carbonyl (C=O) groups is 2. The molecular formula is C16H18N4O2. The number of amides is 2. The molecule has 1 aromatic carbocycles. The first kappa shape index (κ1) is 15.6. The lowest BCUT2D eigenvalue weighted by atomic mass is 10.1. The Morgan fingerprint density at radius 1 is 1.27 bits per heavy atom. The van der Waals surface area contributed by atoms with Crippen LogP contribution in [0.25, 0.3) is 0 Å². The monoisotopic (exact) mass is 298 g/mol. The van der Waals surface area contributed by atoms with Crippen molar-refractivity contribution in [3.05, 3.63) is 41.6 Å². The maximum absolute atomic E-state index is 12.0. The number of nitrogens with two attached hydrogens (primary N) is 1. The summed E-state index contributed by atoms with van der Waals surface area (Å²) in [6.07, 6.45) is 5.39. The molecule has 1 aliphatic rings. The first-order valence-electron chi connectivity index (χ1n) is 7.18. The lowest BCUT2D eigenvalue weighted by Crippen LogP contribution is -2.33. The van der Waals surface area contributed by atoms with Crippen LogP contribution in [-0.2, 0) is 4.79 Å². The zero-order chi connectivity index (χ0) is 15.9. The van der Waals surface area contributed by atoms with Gasteiger partial charge in [-0.3, -0.25) is 9.59 Å². The highest BCUT2D eigenvalue weighted by molar-refractivity contribution is 6.00. The molecule has 1 aliphatic carbocycles. The minimum atomic E-state index is -0.578. The molecule has 1 fully saturated rings. The highest BCUT2D eigenvalue weighted by atomic mass is 16.2. The fourth-order valence-corrected chi connectivity index (χ4v) is 2.46. The van der Waals surface area contributed by atoms with Crippen LogP contribution in [0.2, 0.25) is 0 Å². The average molecular weight is 298 g/mol. The highest BCUT2D eigenvalue weighted by Gasteiger charge is 2.19. The van der Waals surface area contributed by atoms with Crippen molar-refractivity contribution in [3.63, 3.8) is 0 Å². The van der Waals surface area contributed by atoms with Gasteiger partial charge in [-0.2, -0.15) is 5.26 Å². The first-order valence-corrected chi connectivity index (χ1v) is 7.18. The molecule has 1 saturated carbocycles. The number of benzene rings is 1. The molecule has 6 nitrogen and oxygen atoms in total. The van der Waals surface area contributed by atoms with Crippen molar-refractivity contribution in [3.8, 4) is 6.07 Å². The molecule has 0 saturated heterocycles.